The molecule has 1 amide bonds. The Kier molecular flexibility index (Phi) is 3.72. The fourth-order valence-corrected chi connectivity index (χ4v) is 4.02. The van der Waals surface area contributed by atoms with Crippen molar-refractivity contribution in [2.45, 2.75) is 4.90 Å². The van der Waals surface area contributed by atoms with Crippen molar-refractivity contribution in [3.8, 4) is 17.6 Å². The molecule has 27 heavy (non-hydrogen) atoms. The average Bonchev–Trinajstić information content (AvgIpc) is 2.77. The lowest BCUT2D eigenvalue weighted by molar-refractivity contribution is -0.122. The highest BCUT2D eigenvalue weighted by molar-refractivity contribution is 7.89. The summed E-state index contributed by atoms with van der Waals surface area (Å²) in [4.78, 5) is 10.8. The molecule has 1 heterocycles. The summed E-state index contributed by atoms with van der Waals surface area (Å²) in [7, 11) is -4.72. The van der Waals surface area contributed by atoms with Gasteiger partial charge in [-0.3, -0.25) is 4.79 Å². The highest BCUT2D eigenvalue weighted by Crippen LogP contribution is 2.34. The van der Waals surface area contributed by atoms with E-state index in [-0.39, 0.29) is 13.1 Å². The fraction of sp³-hybridized carbons (Fsp3) is 0.176. The maximum absolute atomic E-state index is 13.4. The van der Waals surface area contributed by atoms with Gasteiger partial charge in [-0.15, -0.1) is 0 Å². The van der Waals surface area contributed by atoms with Crippen LogP contribution in [0.25, 0.3) is 0 Å². The summed E-state index contributed by atoms with van der Waals surface area (Å²) in [5.41, 5.74) is -0.720. The van der Waals surface area contributed by atoms with E-state index >= 15 is 0 Å². The molecule has 1 N–H and O–H groups in total. The number of nitriles is 1. The predicted molar refractivity (Wildman–Crippen MR) is 99.5 cm³/mol. The third-order valence-corrected chi connectivity index (χ3v) is 5.50. The first-order valence-corrected chi connectivity index (χ1v) is 9.47. The van der Waals surface area contributed by atoms with Crippen LogP contribution >= 0.6 is 23.2 Å². The number of piperazine rings is 1. The largest absolute Gasteiger partial charge is 0.456 e. The normalized spacial score (nSPS) is 18.2. The lowest BCUT2D eigenvalue weighted by atomic mass is 10.2. The molecule has 0 bridgehead atoms. The lowest BCUT2D eigenvalue weighted by Crippen LogP contribution is -2.49. The van der Waals surface area contributed by atoms with Crippen LogP contribution in [0.15, 0.2) is 41.1 Å². The Balaban J connectivity index is 2.34. The standard InChI is InChI=1S/C17H13Cl2N3O4S/c18-12-6-13(19)8-14(7-12)26-15-2-1-11(9-20)5-16(15)27(24,25)22-4-3-21-17(23)10-22/h1-2,5-8H,3-4,10H2,(H,21,23)/i1D,2D,5D,6D,7D,8D. The van der Waals surface area contributed by atoms with Gasteiger partial charge in [-0.2, -0.15) is 9.57 Å². The van der Waals surface area contributed by atoms with Crippen LogP contribution in [-0.4, -0.2) is 38.3 Å². The van der Waals surface area contributed by atoms with E-state index in [2.05, 4.69) is 5.32 Å². The Hall–Kier alpha value is -2.31. The maximum atomic E-state index is 13.4. The summed E-state index contributed by atoms with van der Waals surface area (Å²) in [5.74, 6) is -2.25. The summed E-state index contributed by atoms with van der Waals surface area (Å²) in [6.07, 6.45) is 0. The van der Waals surface area contributed by atoms with Gasteiger partial charge in [0.1, 0.15) is 16.4 Å². The molecule has 0 spiro atoms. The molecule has 0 saturated carbocycles. The molecule has 140 valence electrons. The van der Waals surface area contributed by atoms with E-state index in [0.29, 0.717) is 4.31 Å². The predicted octanol–water partition coefficient (Wildman–Crippen LogP) is 2.78. The van der Waals surface area contributed by atoms with Crippen molar-refractivity contribution in [3.05, 3.63) is 51.9 Å². The van der Waals surface area contributed by atoms with Crippen LogP contribution in [0, 0.1) is 11.3 Å². The van der Waals surface area contributed by atoms with Crippen molar-refractivity contribution >= 4 is 39.1 Å². The molecule has 3 rings (SSSR count). The van der Waals surface area contributed by atoms with E-state index < -0.39 is 90.7 Å². The molecule has 0 unspecified atom stereocenters. The van der Waals surface area contributed by atoms with Crippen molar-refractivity contribution in [3.63, 3.8) is 0 Å². The average molecular weight is 432 g/mol. The van der Waals surface area contributed by atoms with Gasteiger partial charge < -0.3 is 10.1 Å². The second kappa shape index (κ2) is 7.74. The molecule has 7 nitrogen and oxygen atoms in total. The van der Waals surface area contributed by atoms with E-state index in [9.17, 15) is 18.5 Å². The highest BCUT2D eigenvalue weighted by Gasteiger charge is 2.32. The Morgan fingerprint density at radius 3 is 2.56 bits per heavy atom. The molecule has 10 heteroatoms. The Morgan fingerprint density at radius 2 is 1.93 bits per heavy atom. The van der Waals surface area contributed by atoms with Gasteiger partial charge in [0.25, 0.3) is 0 Å². The highest BCUT2D eigenvalue weighted by atomic mass is 35.5. The van der Waals surface area contributed by atoms with Gasteiger partial charge in [0, 0.05) is 23.1 Å². The summed E-state index contributed by atoms with van der Waals surface area (Å²) in [6.45, 7) is -0.804. The van der Waals surface area contributed by atoms with E-state index in [0.717, 1.165) is 0 Å². The molecule has 0 radical (unpaired) electrons. The second-order valence-corrected chi connectivity index (χ2v) is 7.77. The van der Waals surface area contributed by atoms with E-state index in [4.69, 9.17) is 36.2 Å². The molecular formula is C17H13Cl2N3O4S. The first-order valence-electron chi connectivity index (χ1n) is 10.3. The molecule has 1 aliphatic heterocycles. The SMILES string of the molecule is [2H]c1c(Cl)c([2H])c(Oc2c([2H])c([2H])c(C#N)c([2H])c2S(=O)(=O)N2CCNC(=O)C2)c([2H])c1Cl. The van der Waals surface area contributed by atoms with Gasteiger partial charge in [0.15, 0.2) is 0 Å². The number of carbonyl (C=O) groups is 1. The zero-order valence-electron chi connectivity index (χ0n) is 19.3. The number of carbonyl (C=O) groups excluding carboxylic acids is 1. The molecule has 1 saturated heterocycles. The Morgan fingerprint density at radius 1 is 1.22 bits per heavy atom. The quantitative estimate of drug-likeness (QED) is 0.801. The number of ether oxygens (including phenoxy) is 1. The van der Waals surface area contributed by atoms with Crippen LogP contribution in [0.4, 0.5) is 0 Å². The van der Waals surface area contributed by atoms with Gasteiger partial charge in [0.05, 0.1) is 26.4 Å². The number of nitrogens with one attached hydrogen (secondary N) is 1. The molecule has 2 aromatic rings. The van der Waals surface area contributed by atoms with Crippen molar-refractivity contribution in [2.75, 3.05) is 19.6 Å². The Bertz CT molecular complexity index is 1320. The van der Waals surface area contributed by atoms with Gasteiger partial charge in [0.2, 0.25) is 15.9 Å². The number of amides is 1. The van der Waals surface area contributed by atoms with Crippen LogP contribution in [0.5, 0.6) is 11.5 Å². The molecule has 0 atom stereocenters. The number of rotatable bonds is 4. The van der Waals surface area contributed by atoms with Gasteiger partial charge in [-0.25, -0.2) is 8.42 Å². The van der Waals surface area contributed by atoms with E-state index in [1.807, 2.05) is 0 Å². The minimum Gasteiger partial charge on any atom is -0.456 e. The minimum atomic E-state index is -4.72. The summed E-state index contributed by atoms with van der Waals surface area (Å²) in [5, 5.41) is 10.8. The monoisotopic (exact) mass is 431 g/mol. The van der Waals surface area contributed by atoms with Gasteiger partial charge in [-0.1, -0.05) is 23.2 Å². The smallest absolute Gasteiger partial charge is 0.247 e. The first-order chi connectivity index (χ1) is 15.3. The van der Waals surface area contributed by atoms with Crippen molar-refractivity contribution in [1.82, 2.24) is 9.62 Å². The van der Waals surface area contributed by atoms with Crippen LogP contribution in [0.2, 0.25) is 10.0 Å². The molecule has 1 aliphatic rings. The Labute approximate surface area is 174 Å². The third-order valence-electron chi connectivity index (χ3n) is 3.33. The number of halogens is 2. The maximum Gasteiger partial charge on any atom is 0.247 e. The number of nitrogens with zero attached hydrogens (tertiary/aromatic N) is 2. The summed E-state index contributed by atoms with van der Waals surface area (Å²) >= 11 is 11.8. The number of sulfonamides is 1. The zero-order valence-corrected chi connectivity index (χ0v) is 15.6. The first kappa shape index (κ1) is 13.0. The lowest BCUT2D eigenvalue weighted by Gasteiger charge is -2.26. The van der Waals surface area contributed by atoms with Gasteiger partial charge >= 0.3 is 0 Å². The molecule has 1 fully saturated rings. The molecule has 0 aromatic heterocycles. The number of benzene rings is 2. The minimum absolute atomic E-state index is 0.0269. The van der Waals surface area contributed by atoms with Crippen LogP contribution in [0.3, 0.4) is 0 Å². The number of hydrogen-bond donors (Lipinski definition) is 1. The van der Waals surface area contributed by atoms with Crippen LogP contribution < -0.4 is 10.1 Å². The van der Waals surface area contributed by atoms with E-state index in [1.54, 1.807) is 0 Å². The van der Waals surface area contributed by atoms with Crippen LogP contribution in [-0.2, 0) is 14.8 Å². The van der Waals surface area contributed by atoms with Crippen molar-refractivity contribution in [2.24, 2.45) is 0 Å². The van der Waals surface area contributed by atoms with Gasteiger partial charge in [-0.05, 0) is 36.3 Å². The summed E-state index contributed by atoms with van der Waals surface area (Å²) < 4.78 is 81.2. The molecule has 2 aromatic carbocycles. The topological polar surface area (TPSA) is 99.5 Å². The zero-order chi connectivity index (χ0) is 24.8. The molecular weight excluding hydrogens is 413 g/mol. The van der Waals surface area contributed by atoms with E-state index in [1.165, 1.54) is 6.07 Å². The third kappa shape index (κ3) is 4.34. The fourth-order valence-electron chi connectivity index (χ4n) is 2.18. The second-order valence-electron chi connectivity index (χ2n) is 5.14. The van der Waals surface area contributed by atoms with Crippen molar-refractivity contribution in [1.29, 1.82) is 5.26 Å². The van der Waals surface area contributed by atoms with Crippen LogP contribution in [0.1, 0.15) is 13.8 Å². The summed E-state index contributed by atoms with van der Waals surface area (Å²) in [6, 6.07) is -3.13. The molecule has 0 aliphatic carbocycles. The number of hydrogen-bond acceptors (Lipinski definition) is 5. The van der Waals surface area contributed by atoms with Crippen molar-refractivity contribution < 1.29 is 26.2 Å².